The molecular formula is C21H17N5O3. The number of carbonyl (C=O) groups is 1. The molecule has 1 aliphatic heterocycles. The second kappa shape index (κ2) is 6.90. The van der Waals surface area contributed by atoms with Crippen LogP contribution < -0.4 is 15.8 Å². The minimum atomic E-state index is -0.582. The average Bonchev–Trinajstić information content (AvgIpc) is 3.39. The van der Waals surface area contributed by atoms with Crippen LogP contribution in [-0.2, 0) is 13.0 Å². The number of hydrogen-bond acceptors (Lipinski definition) is 7. The van der Waals surface area contributed by atoms with Crippen LogP contribution in [-0.4, -0.2) is 27.6 Å². The first kappa shape index (κ1) is 17.2. The Bertz CT molecular complexity index is 1220. The van der Waals surface area contributed by atoms with Crippen molar-refractivity contribution in [3.8, 4) is 17.4 Å². The predicted octanol–water partition coefficient (Wildman–Crippen LogP) is 2.93. The average molecular weight is 387 g/mol. The quantitative estimate of drug-likeness (QED) is 0.541. The van der Waals surface area contributed by atoms with Crippen LogP contribution in [0, 0.1) is 0 Å². The fraction of sp³-hybridized carbons (Fsp3) is 0.143. The highest BCUT2D eigenvalue weighted by Crippen LogP contribution is 2.34. The number of hydrogen-bond donors (Lipinski definition) is 2. The number of ether oxygens (including phenoxy) is 1. The zero-order valence-electron chi connectivity index (χ0n) is 15.4. The van der Waals surface area contributed by atoms with E-state index in [1.807, 2.05) is 30.3 Å². The van der Waals surface area contributed by atoms with Gasteiger partial charge >= 0.3 is 0 Å². The molecular weight excluding hydrogens is 370 g/mol. The molecule has 0 radical (unpaired) electrons. The molecule has 144 valence electrons. The third-order valence-electron chi connectivity index (χ3n) is 4.84. The van der Waals surface area contributed by atoms with Gasteiger partial charge in [0.25, 0.3) is 5.91 Å². The molecule has 1 aliphatic rings. The van der Waals surface area contributed by atoms with Gasteiger partial charge in [-0.05, 0) is 17.7 Å². The van der Waals surface area contributed by atoms with Crippen LogP contribution in [0.1, 0.15) is 21.5 Å². The van der Waals surface area contributed by atoms with Gasteiger partial charge in [0, 0.05) is 13.0 Å². The van der Waals surface area contributed by atoms with Gasteiger partial charge in [-0.1, -0.05) is 41.6 Å². The molecule has 0 spiro atoms. The smallest absolute Gasteiger partial charge is 0.252 e. The Labute approximate surface area is 165 Å². The standard InChI is InChI=1S/C21H17N5O3/c22-18(27)14-8-4-7-13-16(26-29-17(13)14)20-24-19(15-9-10-28-21(15)25-20)23-11-12-5-2-1-3-6-12/h1-8H,9-11H2,(H2,22,27)(H,23,24,25). The molecule has 0 bridgehead atoms. The summed E-state index contributed by atoms with van der Waals surface area (Å²) in [5, 5.41) is 8.10. The van der Waals surface area contributed by atoms with E-state index in [4.69, 9.17) is 15.0 Å². The number of benzene rings is 2. The van der Waals surface area contributed by atoms with Gasteiger partial charge in [0.15, 0.2) is 17.1 Å². The molecule has 1 amide bonds. The Kier molecular flexibility index (Phi) is 4.09. The molecule has 8 heteroatoms. The molecule has 5 rings (SSSR count). The molecule has 4 aromatic rings. The highest BCUT2D eigenvalue weighted by atomic mass is 16.5. The highest BCUT2D eigenvalue weighted by molar-refractivity contribution is 6.06. The minimum Gasteiger partial charge on any atom is -0.477 e. The zero-order valence-corrected chi connectivity index (χ0v) is 15.4. The molecule has 0 atom stereocenters. The van der Waals surface area contributed by atoms with Crippen molar-refractivity contribution >= 4 is 22.7 Å². The summed E-state index contributed by atoms with van der Waals surface area (Å²) in [7, 11) is 0. The van der Waals surface area contributed by atoms with Gasteiger partial charge in [0.1, 0.15) is 5.82 Å². The molecule has 0 aliphatic carbocycles. The van der Waals surface area contributed by atoms with E-state index in [1.165, 1.54) is 0 Å². The summed E-state index contributed by atoms with van der Waals surface area (Å²) in [4.78, 5) is 20.9. The molecule has 0 saturated carbocycles. The number of carbonyl (C=O) groups excluding carboxylic acids is 1. The van der Waals surface area contributed by atoms with E-state index < -0.39 is 5.91 Å². The number of nitrogens with two attached hydrogens (primary N) is 1. The number of para-hydroxylation sites is 1. The molecule has 3 N–H and O–H groups in total. The molecule has 0 saturated heterocycles. The van der Waals surface area contributed by atoms with Gasteiger partial charge in [0.05, 0.1) is 23.1 Å². The van der Waals surface area contributed by atoms with Crippen LogP contribution in [0.5, 0.6) is 5.88 Å². The van der Waals surface area contributed by atoms with Crippen LogP contribution in [0.3, 0.4) is 0 Å². The van der Waals surface area contributed by atoms with Gasteiger partial charge < -0.3 is 20.3 Å². The lowest BCUT2D eigenvalue weighted by atomic mass is 10.1. The Morgan fingerprint density at radius 3 is 2.79 bits per heavy atom. The van der Waals surface area contributed by atoms with Gasteiger partial charge in [-0.3, -0.25) is 4.79 Å². The van der Waals surface area contributed by atoms with E-state index in [0.29, 0.717) is 47.3 Å². The predicted molar refractivity (Wildman–Crippen MR) is 107 cm³/mol. The van der Waals surface area contributed by atoms with E-state index in [0.717, 1.165) is 17.5 Å². The zero-order chi connectivity index (χ0) is 19.8. The Hall–Kier alpha value is -3.94. The summed E-state index contributed by atoms with van der Waals surface area (Å²) in [6.45, 7) is 1.17. The first-order valence-electron chi connectivity index (χ1n) is 9.21. The summed E-state index contributed by atoms with van der Waals surface area (Å²) >= 11 is 0. The number of aromatic nitrogens is 3. The lowest BCUT2D eigenvalue weighted by Gasteiger charge is -2.10. The lowest BCUT2D eigenvalue weighted by molar-refractivity contribution is 0.100. The number of fused-ring (bicyclic) bond motifs is 2. The van der Waals surface area contributed by atoms with E-state index in [-0.39, 0.29) is 5.56 Å². The fourth-order valence-corrected chi connectivity index (χ4v) is 3.41. The Morgan fingerprint density at radius 2 is 1.97 bits per heavy atom. The molecule has 0 fully saturated rings. The summed E-state index contributed by atoms with van der Waals surface area (Å²) in [5.74, 6) is 1.02. The maximum absolute atomic E-state index is 11.7. The van der Waals surface area contributed by atoms with Crippen molar-refractivity contribution in [3.63, 3.8) is 0 Å². The molecule has 3 heterocycles. The molecule has 8 nitrogen and oxygen atoms in total. The molecule has 0 unspecified atom stereocenters. The number of anilines is 1. The Balaban J connectivity index is 1.57. The lowest BCUT2D eigenvalue weighted by Crippen LogP contribution is -2.10. The summed E-state index contributed by atoms with van der Waals surface area (Å²) in [6, 6.07) is 15.2. The maximum atomic E-state index is 11.7. The van der Waals surface area contributed by atoms with E-state index in [2.05, 4.69) is 20.4 Å². The topological polar surface area (TPSA) is 116 Å². The number of amides is 1. The van der Waals surface area contributed by atoms with Gasteiger partial charge in [0.2, 0.25) is 5.88 Å². The van der Waals surface area contributed by atoms with Crippen molar-refractivity contribution in [1.29, 1.82) is 0 Å². The van der Waals surface area contributed by atoms with E-state index in [9.17, 15) is 4.79 Å². The Morgan fingerprint density at radius 1 is 1.10 bits per heavy atom. The number of rotatable bonds is 5. The number of nitrogens with one attached hydrogen (secondary N) is 1. The van der Waals surface area contributed by atoms with E-state index >= 15 is 0 Å². The minimum absolute atomic E-state index is 0.265. The molecule has 2 aromatic carbocycles. The number of nitrogens with zero attached hydrogens (tertiary/aromatic N) is 3. The van der Waals surface area contributed by atoms with Gasteiger partial charge in [-0.2, -0.15) is 4.98 Å². The first-order chi connectivity index (χ1) is 14.2. The van der Waals surface area contributed by atoms with E-state index in [1.54, 1.807) is 18.2 Å². The van der Waals surface area contributed by atoms with Gasteiger partial charge in [-0.25, -0.2) is 4.98 Å². The maximum Gasteiger partial charge on any atom is 0.252 e. The summed E-state index contributed by atoms with van der Waals surface area (Å²) < 4.78 is 11.1. The van der Waals surface area contributed by atoms with Crippen LogP contribution >= 0.6 is 0 Å². The highest BCUT2D eigenvalue weighted by Gasteiger charge is 2.24. The fourth-order valence-electron chi connectivity index (χ4n) is 3.41. The monoisotopic (exact) mass is 387 g/mol. The van der Waals surface area contributed by atoms with Crippen LogP contribution in [0.25, 0.3) is 22.5 Å². The largest absolute Gasteiger partial charge is 0.477 e. The number of primary amides is 1. The second-order valence-electron chi connectivity index (χ2n) is 6.69. The van der Waals surface area contributed by atoms with Crippen molar-refractivity contribution in [1.82, 2.24) is 15.1 Å². The van der Waals surface area contributed by atoms with Crippen molar-refractivity contribution in [3.05, 3.63) is 65.2 Å². The second-order valence-corrected chi connectivity index (χ2v) is 6.69. The van der Waals surface area contributed by atoms with Crippen molar-refractivity contribution in [2.24, 2.45) is 5.73 Å². The normalized spacial score (nSPS) is 12.6. The van der Waals surface area contributed by atoms with Crippen molar-refractivity contribution < 1.29 is 14.1 Å². The first-order valence-corrected chi connectivity index (χ1v) is 9.21. The third-order valence-corrected chi connectivity index (χ3v) is 4.84. The summed E-state index contributed by atoms with van der Waals surface area (Å²) in [6.07, 6.45) is 0.734. The SMILES string of the molecule is NC(=O)c1cccc2c(-c3nc(NCc4ccccc4)c4c(n3)OCC4)noc12. The molecule has 2 aromatic heterocycles. The van der Waals surface area contributed by atoms with Crippen LogP contribution in [0.15, 0.2) is 53.1 Å². The molecule has 29 heavy (non-hydrogen) atoms. The van der Waals surface area contributed by atoms with Crippen LogP contribution in [0.4, 0.5) is 5.82 Å². The van der Waals surface area contributed by atoms with Crippen LogP contribution in [0.2, 0.25) is 0 Å². The summed E-state index contributed by atoms with van der Waals surface area (Å²) in [5.41, 5.74) is 8.53. The third kappa shape index (κ3) is 3.04. The van der Waals surface area contributed by atoms with Crippen molar-refractivity contribution in [2.45, 2.75) is 13.0 Å². The van der Waals surface area contributed by atoms with Gasteiger partial charge in [-0.15, -0.1) is 0 Å². The van der Waals surface area contributed by atoms with Crippen molar-refractivity contribution in [2.75, 3.05) is 11.9 Å².